The first-order valence-electron chi connectivity index (χ1n) is 9.42. The van der Waals surface area contributed by atoms with Crippen LogP contribution >= 0.6 is 15.9 Å². The second-order valence-electron chi connectivity index (χ2n) is 6.61. The second-order valence-corrected chi connectivity index (χ2v) is 7.53. The van der Waals surface area contributed by atoms with Gasteiger partial charge in [-0.1, -0.05) is 52.3 Å². The smallest absolute Gasteiger partial charge is 0.287 e. The summed E-state index contributed by atoms with van der Waals surface area (Å²) < 4.78 is 12.4. The molecule has 30 heavy (non-hydrogen) atoms. The van der Waals surface area contributed by atoms with Crippen molar-refractivity contribution >= 4 is 21.8 Å². The van der Waals surface area contributed by atoms with Crippen LogP contribution in [-0.4, -0.2) is 10.9 Å². The third-order valence-electron chi connectivity index (χ3n) is 4.51. The van der Waals surface area contributed by atoms with Gasteiger partial charge >= 0.3 is 0 Å². The van der Waals surface area contributed by atoms with Crippen molar-refractivity contribution in [3.05, 3.63) is 118 Å². The van der Waals surface area contributed by atoms with E-state index < -0.39 is 0 Å². The van der Waals surface area contributed by atoms with Crippen molar-refractivity contribution in [3.8, 4) is 5.75 Å². The van der Waals surface area contributed by atoms with Crippen LogP contribution in [0.15, 0.2) is 100 Å². The second kappa shape index (κ2) is 9.41. The zero-order valence-corrected chi connectivity index (χ0v) is 17.6. The Morgan fingerprint density at radius 2 is 1.73 bits per heavy atom. The standard InChI is InChI=1S/C24H19BrN2O3/c25-19-7-4-8-20(15-19)29-16-21-9-10-22(30-21)24(28)27-23(17-5-2-1-3-6-17)18-11-13-26-14-12-18/h1-15,23H,16H2,(H,27,28). The van der Waals surface area contributed by atoms with E-state index in [0.717, 1.165) is 15.6 Å². The van der Waals surface area contributed by atoms with E-state index >= 15 is 0 Å². The van der Waals surface area contributed by atoms with E-state index in [1.807, 2.05) is 66.7 Å². The van der Waals surface area contributed by atoms with E-state index in [-0.39, 0.29) is 24.3 Å². The fraction of sp³-hybridized carbons (Fsp3) is 0.0833. The Morgan fingerprint density at radius 3 is 2.50 bits per heavy atom. The monoisotopic (exact) mass is 462 g/mol. The Morgan fingerprint density at radius 1 is 0.967 bits per heavy atom. The van der Waals surface area contributed by atoms with Crippen molar-refractivity contribution < 1.29 is 13.9 Å². The first kappa shape index (κ1) is 19.9. The van der Waals surface area contributed by atoms with Crippen molar-refractivity contribution in [2.75, 3.05) is 0 Å². The highest BCUT2D eigenvalue weighted by Gasteiger charge is 2.20. The summed E-state index contributed by atoms with van der Waals surface area (Å²) in [4.78, 5) is 16.9. The van der Waals surface area contributed by atoms with Gasteiger partial charge in [0.1, 0.15) is 18.1 Å². The molecule has 0 spiro atoms. The number of benzene rings is 2. The number of carbonyl (C=O) groups is 1. The molecule has 1 amide bonds. The van der Waals surface area contributed by atoms with Crippen LogP contribution in [0.3, 0.4) is 0 Å². The van der Waals surface area contributed by atoms with E-state index in [9.17, 15) is 4.79 Å². The molecule has 2 heterocycles. The summed E-state index contributed by atoms with van der Waals surface area (Å²) in [6.07, 6.45) is 3.42. The van der Waals surface area contributed by atoms with Crippen LogP contribution in [0.25, 0.3) is 0 Å². The topological polar surface area (TPSA) is 64.4 Å². The van der Waals surface area contributed by atoms with Gasteiger partial charge in [0.25, 0.3) is 5.91 Å². The molecular weight excluding hydrogens is 444 g/mol. The highest BCUT2D eigenvalue weighted by atomic mass is 79.9. The number of aromatic nitrogens is 1. The zero-order valence-electron chi connectivity index (χ0n) is 16.0. The predicted molar refractivity (Wildman–Crippen MR) is 117 cm³/mol. The average Bonchev–Trinajstić information content (AvgIpc) is 3.26. The molecule has 0 aliphatic carbocycles. The van der Waals surface area contributed by atoms with Crippen LogP contribution in [0.4, 0.5) is 0 Å². The Kier molecular flexibility index (Phi) is 6.25. The minimum Gasteiger partial charge on any atom is -0.486 e. The molecule has 2 aromatic heterocycles. The number of rotatable bonds is 7. The summed E-state index contributed by atoms with van der Waals surface area (Å²) >= 11 is 3.41. The van der Waals surface area contributed by atoms with Crippen LogP contribution in [0, 0.1) is 0 Å². The highest BCUT2D eigenvalue weighted by Crippen LogP contribution is 2.23. The highest BCUT2D eigenvalue weighted by molar-refractivity contribution is 9.10. The maximum Gasteiger partial charge on any atom is 0.287 e. The average molecular weight is 463 g/mol. The Bertz CT molecular complexity index is 1070. The van der Waals surface area contributed by atoms with Crippen molar-refractivity contribution in [1.29, 1.82) is 0 Å². The van der Waals surface area contributed by atoms with E-state index in [4.69, 9.17) is 9.15 Å². The number of nitrogens with one attached hydrogen (secondary N) is 1. The van der Waals surface area contributed by atoms with Crippen LogP contribution in [0.1, 0.15) is 33.5 Å². The van der Waals surface area contributed by atoms with E-state index in [1.165, 1.54) is 0 Å². The fourth-order valence-corrected chi connectivity index (χ4v) is 3.43. The first-order chi connectivity index (χ1) is 14.7. The molecular formula is C24H19BrN2O3. The van der Waals surface area contributed by atoms with Crippen molar-refractivity contribution in [1.82, 2.24) is 10.3 Å². The molecule has 0 fully saturated rings. The Hall–Kier alpha value is -3.38. The summed E-state index contributed by atoms with van der Waals surface area (Å²) in [7, 11) is 0. The number of hydrogen-bond acceptors (Lipinski definition) is 4. The van der Waals surface area contributed by atoms with E-state index in [1.54, 1.807) is 24.5 Å². The lowest BCUT2D eigenvalue weighted by Crippen LogP contribution is -2.29. The number of halogens is 1. The molecule has 4 rings (SSSR count). The summed E-state index contributed by atoms with van der Waals surface area (Å²) in [6, 6.07) is 24.2. The number of pyridine rings is 1. The van der Waals surface area contributed by atoms with Gasteiger partial charge in [0.15, 0.2) is 5.76 Å². The molecule has 1 atom stereocenters. The molecule has 6 heteroatoms. The van der Waals surface area contributed by atoms with Crippen LogP contribution in [0.2, 0.25) is 0 Å². The molecule has 150 valence electrons. The third-order valence-corrected chi connectivity index (χ3v) is 5.00. The Labute approximate surface area is 182 Å². The molecule has 0 aliphatic heterocycles. The lowest BCUT2D eigenvalue weighted by atomic mass is 9.99. The first-order valence-corrected chi connectivity index (χ1v) is 10.2. The van der Waals surface area contributed by atoms with Gasteiger partial charge in [-0.15, -0.1) is 0 Å². The lowest BCUT2D eigenvalue weighted by molar-refractivity contribution is 0.0911. The number of amides is 1. The van der Waals surface area contributed by atoms with E-state index in [2.05, 4.69) is 26.2 Å². The van der Waals surface area contributed by atoms with Crippen LogP contribution in [-0.2, 0) is 6.61 Å². The van der Waals surface area contributed by atoms with Gasteiger partial charge in [0.2, 0.25) is 0 Å². The summed E-state index contributed by atoms with van der Waals surface area (Å²) in [5.74, 6) is 1.22. The maximum absolute atomic E-state index is 12.9. The van der Waals surface area contributed by atoms with Gasteiger partial charge < -0.3 is 14.5 Å². The number of carbonyl (C=O) groups excluding carboxylic acids is 1. The molecule has 2 aromatic carbocycles. The molecule has 1 unspecified atom stereocenters. The molecule has 0 saturated carbocycles. The molecule has 0 bridgehead atoms. The van der Waals surface area contributed by atoms with Crippen LogP contribution < -0.4 is 10.1 Å². The minimum atomic E-state index is -0.312. The summed E-state index contributed by atoms with van der Waals surface area (Å²) in [6.45, 7) is 0.232. The molecule has 0 saturated heterocycles. The minimum absolute atomic E-state index is 0.232. The van der Waals surface area contributed by atoms with Gasteiger partial charge in [-0.05, 0) is 53.6 Å². The Balaban J connectivity index is 1.47. The number of hydrogen-bond donors (Lipinski definition) is 1. The van der Waals surface area contributed by atoms with Gasteiger partial charge in [-0.2, -0.15) is 0 Å². The summed E-state index contributed by atoms with van der Waals surface area (Å²) in [5, 5.41) is 3.05. The van der Waals surface area contributed by atoms with Gasteiger partial charge in [0, 0.05) is 16.9 Å². The normalized spacial score (nSPS) is 11.6. The third kappa shape index (κ3) is 4.96. The molecule has 0 aliphatic rings. The van der Waals surface area contributed by atoms with Crippen molar-refractivity contribution in [3.63, 3.8) is 0 Å². The number of nitrogens with zero attached hydrogens (tertiary/aromatic N) is 1. The molecule has 4 aromatic rings. The van der Waals surface area contributed by atoms with Gasteiger partial charge in [0.05, 0.1) is 6.04 Å². The predicted octanol–water partition coefficient (Wildman–Crippen LogP) is 5.54. The summed E-state index contributed by atoms with van der Waals surface area (Å²) in [5.41, 5.74) is 1.91. The quantitative estimate of drug-likeness (QED) is 0.391. The molecule has 0 radical (unpaired) electrons. The van der Waals surface area contributed by atoms with Crippen molar-refractivity contribution in [2.45, 2.75) is 12.6 Å². The number of ether oxygens (including phenoxy) is 1. The van der Waals surface area contributed by atoms with E-state index in [0.29, 0.717) is 11.5 Å². The lowest BCUT2D eigenvalue weighted by Gasteiger charge is -2.19. The molecule has 5 nitrogen and oxygen atoms in total. The van der Waals surface area contributed by atoms with Gasteiger partial charge in [-0.25, -0.2) is 0 Å². The zero-order chi connectivity index (χ0) is 20.8. The SMILES string of the molecule is O=C(NC(c1ccccc1)c1ccncc1)c1ccc(COc2cccc(Br)c2)o1. The van der Waals surface area contributed by atoms with Crippen LogP contribution in [0.5, 0.6) is 5.75 Å². The van der Waals surface area contributed by atoms with Gasteiger partial charge in [-0.3, -0.25) is 9.78 Å². The fourth-order valence-electron chi connectivity index (χ4n) is 3.05. The molecule has 1 N–H and O–H groups in total. The largest absolute Gasteiger partial charge is 0.486 e. The van der Waals surface area contributed by atoms with Crippen molar-refractivity contribution in [2.24, 2.45) is 0 Å². The maximum atomic E-state index is 12.9. The number of furan rings is 1.